The average molecular weight is 1010 g/mol. The van der Waals surface area contributed by atoms with Gasteiger partial charge in [-0.15, -0.1) is 22.7 Å². The van der Waals surface area contributed by atoms with E-state index in [9.17, 15) is 0 Å². The molecule has 0 fully saturated rings. The van der Waals surface area contributed by atoms with Crippen molar-refractivity contribution >= 4 is 96.7 Å². The number of hydrogen-bond acceptors (Lipinski definition) is 2. The highest BCUT2D eigenvalue weighted by Crippen LogP contribution is 2.49. The fourth-order valence-electron chi connectivity index (χ4n) is 13.0. The highest BCUT2D eigenvalue weighted by atomic mass is 32.1. The van der Waals surface area contributed by atoms with Gasteiger partial charge in [-0.3, -0.25) is 0 Å². The first kappa shape index (κ1) is 53.2. The van der Waals surface area contributed by atoms with Crippen LogP contribution in [-0.2, 0) is 25.7 Å². The van der Waals surface area contributed by atoms with E-state index in [1.54, 1.807) is 64.0 Å². The first-order valence-corrected chi connectivity index (χ1v) is 41.0. The summed E-state index contributed by atoms with van der Waals surface area (Å²) in [5.74, 6) is 0. The van der Waals surface area contributed by atoms with Crippen molar-refractivity contribution in [3.8, 4) is 20.9 Å². The predicted molar refractivity (Wildman–Crippen MR) is 326 cm³/mol. The minimum atomic E-state index is -1.41. The molecule has 0 spiro atoms. The van der Waals surface area contributed by atoms with Gasteiger partial charge in [0, 0.05) is 19.2 Å². The monoisotopic (exact) mass is 1010 g/mol. The molecule has 68 heavy (non-hydrogen) atoms. The lowest BCUT2D eigenvalue weighted by Crippen LogP contribution is -2.32. The van der Waals surface area contributed by atoms with Crippen molar-refractivity contribution in [2.45, 2.75) is 205 Å². The Balaban J connectivity index is 1.66. The first-order chi connectivity index (χ1) is 33.0. The van der Waals surface area contributed by atoms with Gasteiger partial charge in [0.2, 0.25) is 0 Å². The van der Waals surface area contributed by atoms with Gasteiger partial charge < -0.3 is 0 Å². The Kier molecular flexibility index (Phi) is 18.2. The molecule has 0 aliphatic carbocycles. The van der Waals surface area contributed by atoms with Crippen LogP contribution < -0.4 is 0 Å². The summed E-state index contributed by atoms with van der Waals surface area (Å²) in [6.45, 7) is 30.3. The minimum Gasteiger partial charge on any atom is -0.135 e. The van der Waals surface area contributed by atoms with E-state index in [4.69, 9.17) is 0 Å². The summed E-state index contributed by atoms with van der Waals surface area (Å²) in [6, 6.07) is 56.2. The van der Waals surface area contributed by atoms with Gasteiger partial charge in [-0.25, -0.2) is 0 Å². The third-order valence-electron chi connectivity index (χ3n) is 19.9. The second-order valence-electron chi connectivity index (χ2n) is 21.5. The number of benzene rings is 5. The third-order valence-corrected chi connectivity index (χ3v) is 45.6. The van der Waals surface area contributed by atoms with Crippen LogP contribution in [0.15, 0.2) is 84.9 Å². The molecule has 0 atom stereocenters. The van der Waals surface area contributed by atoms with Crippen LogP contribution in [0.4, 0.5) is 0 Å². The van der Waals surface area contributed by atoms with Crippen LogP contribution in [-0.4, -0.2) is 32.3 Å². The average Bonchev–Trinajstić information content (AvgIpc) is 4.05. The molecule has 0 aliphatic heterocycles. The van der Waals surface area contributed by atoms with Gasteiger partial charge in [-0.05, 0) is 116 Å². The van der Waals surface area contributed by atoms with Gasteiger partial charge in [0.15, 0.2) is 0 Å². The molecule has 7 rings (SSSR count). The summed E-state index contributed by atoms with van der Waals surface area (Å²) in [7, 11) is -5.63. The van der Waals surface area contributed by atoms with Gasteiger partial charge in [-0.1, -0.05) is 240 Å². The molecule has 0 bridgehead atoms. The van der Waals surface area contributed by atoms with E-state index in [0.29, 0.717) is 0 Å². The second-order valence-corrected chi connectivity index (χ2v) is 46.1. The van der Waals surface area contributed by atoms with Gasteiger partial charge in [0.05, 0.1) is 32.3 Å². The molecule has 366 valence electrons. The highest BCUT2D eigenvalue weighted by Gasteiger charge is 2.33. The van der Waals surface area contributed by atoms with E-state index >= 15 is 0 Å². The van der Waals surface area contributed by atoms with E-state index in [0.717, 1.165) is 0 Å². The lowest BCUT2D eigenvalue weighted by molar-refractivity contribution is 1.03. The van der Waals surface area contributed by atoms with E-state index in [2.05, 4.69) is 191 Å². The zero-order chi connectivity index (χ0) is 48.7. The molecule has 0 saturated heterocycles. The summed E-state index contributed by atoms with van der Waals surface area (Å²) in [5, 5.41) is 9.61. The van der Waals surface area contributed by atoms with Crippen molar-refractivity contribution in [2.24, 2.45) is 0 Å². The fraction of sp³-hybridized carbons (Fsp3) is 0.516. The van der Waals surface area contributed by atoms with Crippen LogP contribution in [0.25, 0.3) is 62.6 Å². The molecule has 6 heteroatoms. The molecule has 0 amide bonds. The predicted octanol–water partition coefficient (Wildman–Crippen LogP) is 22.0. The SMILES string of the molecule is CC[Si](CC)(CC)CCc1c2cc3c(CC[Si](CC)(CC)CC)c4sc(-c5ccccc5)cc4c(CC[Si](CC)(CC)CC)c3cc2c(CC[Si](CC)(CC)CC)c2sc(-c3ccccc3)cc12. The molecule has 2 aromatic heterocycles. The third kappa shape index (κ3) is 10.5. The fourth-order valence-corrected chi connectivity index (χ4v) is 28.9. The van der Waals surface area contributed by atoms with Gasteiger partial charge in [0.25, 0.3) is 0 Å². The highest BCUT2D eigenvalue weighted by molar-refractivity contribution is 7.23. The summed E-state index contributed by atoms with van der Waals surface area (Å²) < 4.78 is 3.22. The van der Waals surface area contributed by atoms with Crippen molar-refractivity contribution in [3.63, 3.8) is 0 Å². The smallest absolute Gasteiger partial charge is 0.0530 e. The van der Waals surface area contributed by atoms with Crippen LogP contribution in [0.3, 0.4) is 0 Å². The first-order valence-electron chi connectivity index (χ1n) is 28.0. The lowest BCUT2D eigenvalue weighted by atomic mass is 9.87. The molecule has 5 aromatic carbocycles. The molecular weight excluding hydrogens is 921 g/mol. The van der Waals surface area contributed by atoms with Crippen molar-refractivity contribution in [3.05, 3.63) is 107 Å². The number of hydrogen-bond donors (Lipinski definition) is 0. The Morgan fingerprint density at radius 3 is 0.809 bits per heavy atom. The van der Waals surface area contributed by atoms with E-state index < -0.39 is 32.3 Å². The van der Waals surface area contributed by atoms with E-state index in [-0.39, 0.29) is 0 Å². The Morgan fingerprint density at radius 2 is 0.544 bits per heavy atom. The topological polar surface area (TPSA) is 0 Å². The standard InChI is InChI=1S/C62H90S2Si4/c1-13-65(14-2,15-3)39-35-49-53-43-56-52(38-42-68(22-10,23-11)24-12)62-58(46-60(64-62)48-33-29-26-30-34-48)50(36-40-66(16-4,17-5)18-6)54(56)44-55(53)51(37-41-67(19-7,20-8)21-9)61-57(49)45-59(63-61)47-31-27-25-28-32-47/h25-34,43-46H,13-24,35-42H2,1-12H3. The van der Waals surface area contributed by atoms with E-state index in [1.165, 1.54) is 143 Å². The van der Waals surface area contributed by atoms with Gasteiger partial charge in [0.1, 0.15) is 0 Å². The van der Waals surface area contributed by atoms with Crippen molar-refractivity contribution < 1.29 is 0 Å². The zero-order valence-corrected chi connectivity index (χ0v) is 50.7. The summed E-state index contributed by atoms with van der Waals surface area (Å²) in [6.07, 6.45) is 4.84. The van der Waals surface area contributed by atoms with Gasteiger partial charge >= 0.3 is 0 Å². The lowest BCUT2D eigenvalue weighted by Gasteiger charge is -2.30. The molecule has 0 radical (unpaired) electrons. The van der Waals surface area contributed by atoms with Gasteiger partial charge in [-0.2, -0.15) is 0 Å². The minimum absolute atomic E-state index is 1.21. The maximum atomic E-state index is 2.87. The molecule has 0 unspecified atom stereocenters. The summed E-state index contributed by atoms with van der Waals surface area (Å²) in [5.41, 5.74) is 9.47. The maximum Gasteiger partial charge on any atom is 0.0530 e. The second kappa shape index (κ2) is 23.3. The molecule has 0 nitrogen and oxygen atoms in total. The summed E-state index contributed by atoms with van der Waals surface area (Å²) >= 11 is 4.25. The van der Waals surface area contributed by atoms with Crippen LogP contribution >= 0.6 is 22.7 Å². The Labute approximate surface area is 427 Å². The molecule has 0 aliphatic rings. The van der Waals surface area contributed by atoms with E-state index in [1.807, 2.05) is 0 Å². The Hall–Kier alpha value is -2.59. The number of thiophene rings is 2. The largest absolute Gasteiger partial charge is 0.135 e. The maximum absolute atomic E-state index is 2.87. The quantitative estimate of drug-likeness (QED) is 0.0375. The van der Waals surface area contributed by atoms with Crippen molar-refractivity contribution in [2.75, 3.05) is 0 Å². The molecule has 0 saturated carbocycles. The number of fused-ring (bicyclic) bond motifs is 4. The van der Waals surface area contributed by atoms with Crippen molar-refractivity contribution in [1.82, 2.24) is 0 Å². The van der Waals surface area contributed by atoms with Crippen LogP contribution in [0.5, 0.6) is 0 Å². The molecule has 2 heterocycles. The van der Waals surface area contributed by atoms with Crippen LogP contribution in [0, 0.1) is 0 Å². The normalized spacial score (nSPS) is 13.0. The van der Waals surface area contributed by atoms with Crippen molar-refractivity contribution in [1.29, 1.82) is 0 Å². The molecule has 7 aromatic rings. The zero-order valence-electron chi connectivity index (χ0n) is 45.0. The molecular formula is C62H90S2Si4. The number of rotatable bonds is 26. The van der Waals surface area contributed by atoms with Crippen LogP contribution in [0.2, 0.25) is 96.7 Å². The number of aryl methyl sites for hydroxylation is 4. The Bertz CT molecular complexity index is 2360. The Morgan fingerprint density at radius 1 is 0.294 bits per heavy atom. The molecule has 0 N–H and O–H groups in total. The summed E-state index contributed by atoms with van der Waals surface area (Å²) in [4.78, 5) is 2.90. The van der Waals surface area contributed by atoms with Crippen LogP contribution in [0.1, 0.15) is 105 Å².